The van der Waals surface area contributed by atoms with E-state index in [1.807, 2.05) is 6.92 Å². The highest BCUT2D eigenvalue weighted by atomic mass is 16.3. The maximum Gasteiger partial charge on any atom is 0.0512 e. The fourth-order valence-electron chi connectivity index (χ4n) is 3.55. The van der Waals surface area contributed by atoms with Crippen molar-refractivity contribution >= 4 is 0 Å². The van der Waals surface area contributed by atoms with Gasteiger partial charge in [-0.1, -0.05) is 36.6 Å². The number of aliphatic hydroxyl groups is 1. The van der Waals surface area contributed by atoms with Crippen LogP contribution in [0.15, 0.2) is 23.8 Å². The highest BCUT2D eigenvalue weighted by Crippen LogP contribution is 2.51. The second-order valence-corrected chi connectivity index (χ2v) is 5.69. The Bertz CT molecular complexity index is 293. The summed E-state index contributed by atoms with van der Waals surface area (Å²) < 4.78 is 0. The Balaban J connectivity index is 2.11. The summed E-state index contributed by atoms with van der Waals surface area (Å²) in [5.74, 6) is 0.676. The molecule has 2 atom stereocenters. The van der Waals surface area contributed by atoms with E-state index in [4.69, 9.17) is 0 Å². The van der Waals surface area contributed by atoms with Crippen LogP contribution in [0.1, 0.15) is 52.4 Å². The van der Waals surface area contributed by atoms with Gasteiger partial charge < -0.3 is 5.11 Å². The molecule has 1 saturated carbocycles. The van der Waals surface area contributed by atoms with Crippen molar-refractivity contribution < 1.29 is 5.11 Å². The first-order chi connectivity index (χ1) is 7.64. The van der Waals surface area contributed by atoms with Gasteiger partial charge in [-0.2, -0.15) is 0 Å². The lowest BCUT2D eigenvalue weighted by Gasteiger charge is -2.38. The SMILES string of the molecule is CC1=CC=CC2(CCCC2)C1CCC(C)O. The van der Waals surface area contributed by atoms with Gasteiger partial charge in [0.1, 0.15) is 0 Å². The molecular formula is C15H24O. The number of allylic oxidation sites excluding steroid dienone is 4. The van der Waals surface area contributed by atoms with Gasteiger partial charge in [0.25, 0.3) is 0 Å². The number of hydrogen-bond acceptors (Lipinski definition) is 1. The molecule has 0 bridgehead atoms. The maximum atomic E-state index is 9.46. The third kappa shape index (κ3) is 2.24. The molecule has 0 aromatic carbocycles. The smallest absolute Gasteiger partial charge is 0.0512 e. The van der Waals surface area contributed by atoms with E-state index >= 15 is 0 Å². The monoisotopic (exact) mass is 220 g/mol. The van der Waals surface area contributed by atoms with E-state index in [0.29, 0.717) is 11.3 Å². The summed E-state index contributed by atoms with van der Waals surface area (Å²) >= 11 is 0. The zero-order valence-corrected chi connectivity index (χ0v) is 10.6. The minimum absolute atomic E-state index is 0.155. The average Bonchev–Trinajstić information content (AvgIpc) is 2.66. The zero-order chi connectivity index (χ0) is 11.6. The van der Waals surface area contributed by atoms with Crippen LogP contribution in [0.4, 0.5) is 0 Å². The van der Waals surface area contributed by atoms with Crippen LogP contribution in [0.5, 0.6) is 0 Å². The van der Waals surface area contributed by atoms with Crippen molar-refractivity contribution in [2.75, 3.05) is 0 Å². The van der Waals surface area contributed by atoms with E-state index in [1.165, 1.54) is 31.3 Å². The van der Waals surface area contributed by atoms with E-state index < -0.39 is 0 Å². The Morgan fingerprint density at radius 1 is 1.44 bits per heavy atom. The van der Waals surface area contributed by atoms with Gasteiger partial charge in [0.05, 0.1) is 6.10 Å². The number of rotatable bonds is 3. The van der Waals surface area contributed by atoms with Crippen molar-refractivity contribution in [3.8, 4) is 0 Å². The third-order valence-electron chi connectivity index (χ3n) is 4.44. The predicted molar refractivity (Wildman–Crippen MR) is 68.2 cm³/mol. The van der Waals surface area contributed by atoms with E-state index in [9.17, 15) is 5.11 Å². The lowest BCUT2D eigenvalue weighted by molar-refractivity contribution is 0.157. The summed E-state index contributed by atoms with van der Waals surface area (Å²) in [6, 6.07) is 0. The topological polar surface area (TPSA) is 20.2 Å². The van der Waals surface area contributed by atoms with Gasteiger partial charge in [0.15, 0.2) is 0 Å². The van der Waals surface area contributed by atoms with Crippen LogP contribution in [-0.2, 0) is 0 Å². The summed E-state index contributed by atoms with van der Waals surface area (Å²) in [6.07, 6.45) is 14.3. The quantitative estimate of drug-likeness (QED) is 0.766. The molecule has 0 aromatic heterocycles. The lowest BCUT2D eigenvalue weighted by atomic mass is 9.66. The van der Waals surface area contributed by atoms with Crippen molar-refractivity contribution in [3.63, 3.8) is 0 Å². The molecule has 1 spiro atoms. The molecule has 2 aliphatic rings. The van der Waals surface area contributed by atoms with Crippen LogP contribution in [-0.4, -0.2) is 11.2 Å². The molecule has 0 radical (unpaired) electrons. The lowest BCUT2D eigenvalue weighted by Crippen LogP contribution is -2.29. The first-order valence-electron chi connectivity index (χ1n) is 6.68. The first kappa shape index (κ1) is 11.9. The van der Waals surface area contributed by atoms with Gasteiger partial charge in [0, 0.05) is 0 Å². The second kappa shape index (κ2) is 4.75. The van der Waals surface area contributed by atoms with Crippen LogP contribution in [0.25, 0.3) is 0 Å². The van der Waals surface area contributed by atoms with Crippen molar-refractivity contribution in [2.24, 2.45) is 11.3 Å². The van der Waals surface area contributed by atoms with Gasteiger partial charge in [-0.25, -0.2) is 0 Å². The fourth-order valence-corrected chi connectivity index (χ4v) is 3.55. The Hall–Kier alpha value is -0.560. The Morgan fingerprint density at radius 3 is 2.75 bits per heavy atom. The number of aliphatic hydroxyl groups excluding tert-OH is 1. The highest BCUT2D eigenvalue weighted by Gasteiger charge is 2.40. The normalized spacial score (nSPS) is 29.4. The summed E-state index contributed by atoms with van der Waals surface area (Å²) in [4.78, 5) is 0. The standard InChI is InChI=1S/C15H24O/c1-12-6-5-11-15(9-3-4-10-15)14(12)8-7-13(2)16/h5-6,11,13-14,16H,3-4,7-10H2,1-2H3. The van der Waals surface area contributed by atoms with Crippen molar-refractivity contribution in [1.29, 1.82) is 0 Å². The van der Waals surface area contributed by atoms with Crippen molar-refractivity contribution in [1.82, 2.24) is 0 Å². The van der Waals surface area contributed by atoms with E-state index in [2.05, 4.69) is 25.2 Å². The average molecular weight is 220 g/mol. The molecule has 1 fully saturated rings. The largest absolute Gasteiger partial charge is 0.393 e. The molecule has 90 valence electrons. The zero-order valence-electron chi connectivity index (χ0n) is 10.6. The predicted octanol–water partition coefficient (Wildman–Crippen LogP) is 3.84. The molecule has 1 nitrogen and oxygen atoms in total. The van der Waals surface area contributed by atoms with Gasteiger partial charge in [-0.3, -0.25) is 0 Å². The Labute approximate surface area is 99.3 Å². The molecule has 1 heteroatoms. The van der Waals surface area contributed by atoms with E-state index in [1.54, 1.807) is 0 Å². The molecule has 2 aliphatic carbocycles. The molecule has 0 aromatic rings. The molecule has 2 unspecified atom stereocenters. The van der Waals surface area contributed by atoms with Gasteiger partial charge in [-0.05, 0) is 50.9 Å². The molecule has 2 rings (SSSR count). The molecule has 0 amide bonds. The van der Waals surface area contributed by atoms with E-state index in [0.717, 1.165) is 12.8 Å². The van der Waals surface area contributed by atoms with Crippen LogP contribution in [0, 0.1) is 11.3 Å². The van der Waals surface area contributed by atoms with Crippen LogP contribution in [0.3, 0.4) is 0 Å². The molecule has 0 heterocycles. The minimum Gasteiger partial charge on any atom is -0.393 e. The summed E-state index contributed by atoms with van der Waals surface area (Å²) in [5, 5.41) is 9.46. The van der Waals surface area contributed by atoms with Gasteiger partial charge in [0.2, 0.25) is 0 Å². The van der Waals surface area contributed by atoms with Crippen molar-refractivity contribution in [2.45, 2.75) is 58.5 Å². The highest BCUT2D eigenvalue weighted by molar-refractivity contribution is 5.27. The minimum atomic E-state index is -0.155. The molecular weight excluding hydrogens is 196 g/mol. The second-order valence-electron chi connectivity index (χ2n) is 5.69. The molecule has 1 N–H and O–H groups in total. The first-order valence-corrected chi connectivity index (χ1v) is 6.68. The maximum absolute atomic E-state index is 9.46. The summed E-state index contributed by atoms with van der Waals surface area (Å²) in [7, 11) is 0. The van der Waals surface area contributed by atoms with Crippen LogP contribution < -0.4 is 0 Å². The third-order valence-corrected chi connectivity index (χ3v) is 4.44. The van der Waals surface area contributed by atoms with Gasteiger partial charge >= 0.3 is 0 Å². The fraction of sp³-hybridized carbons (Fsp3) is 0.733. The summed E-state index contributed by atoms with van der Waals surface area (Å²) in [6.45, 7) is 4.16. The van der Waals surface area contributed by atoms with E-state index in [-0.39, 0.29) is 6.10 Å². The number of hydrogen-bond donors (Lipinski definition) is 1. The molecule has 0 saturated heterocycles. The Kier molecular flexibility index (Phi) is 3.53. The summed E-state index contributed by atoms with van der Waals surface area (Å²) in [5.41, 5.74) is 1.96. The molecule has 16 heavy (non-hydrogen) atoms. The van der Waals surface area contributed by atoms with Gasteiger partial charge in [-0.15, -0.1) is 0 Å². The Morgan fingerprint density at radius 2 is 2.12 bits per heavy atom. The molecule has 0 aliphatic heterocycles. The van der Waals surface area contributed by atoms with Crippen LogP contribution >= 0.6 is 0 Å². The van der Waals surface area contributed by atoms with Crippen LogP contribution in [0.2, 0.25) is 0 Å². The van der Waals surface area contributed by atoms with Crippen molar-refractivity contribution in [3.05, 3.63) is 23.8 Å².